The normalized spacial score (nSPS) is 17.2. The summed E-state index contributed by atoms with van der Waals surface area (Å²) in [6.07, 6.45) is 16.3. The molecule has 0 spiro atoms. The van der Waals surface area contributed by atoms with Gasteiger partial charge in [-0.05, 0) is 96.0 Å². The first-order chi connectivity index (χ1) is 25.2. The van der Waals surface area contributed by atoms with Crippen LogP contribution in [0, 0.1) is 64.1 Å². The van der Waals surface area contributed by atoms with Crippen LogP contribution in [-0.4, -0.2) is 50.5 Å². The zero-order valence-corrected chi connectivity index (χ0v) is 45.3. The van der Waals surface area contributed by atoms with Crippen molar-refractivity contribution in [2.75, 3.05) is 38.6 Å². The zero-order chi connectivity index (χ0) is 44.8. The van der Waals surface area contributed by atoms with Gasteiger partial charge in [0, 0.05) is 14.1 Å². The molecule has 0 aliphatic rings. The van der Waals surface area contributed by atoms with Crippen molar-refractivity contribution in [2.24, 2.45) is 64.1 Å². The minimum atomic E-state index is -3.67. The summed E-state index contributed by atoms with van der Waals surface area (Å²) < 4.78 is 53.4. The lowest BCUT2D eigenvalue weighted by atomic mass is 9.71. The first-order valence-corrected chi connectivity index (χ1v) is 26.2. The van der Waals surface area contributed by atoms with Gasteiger partial charge in [-0.1, -0.05) is 172 Å². The number of nitrogens with zero attached hydrogens (tertiary/aromatic N) is 1. The Hall–Kier alpha value is -0.00506. The Morgan fingerprint density at radius 1 is 0.593 bits per heavy atom. The zero-order valence-electron chi connectivity index (χ0n) is 41.5. The Morgan fingerprint density at radius 3 is 1.25 bits per heavy atom. The molecule has 0 bridgehead atoms. The number of benzene rings is 1. The molecule has 11 heteroatoms. The Balaban J connectivity index is -0.000000229. The molecule has 59 heavy (non-hydrogen) atoms. The topological polar surface area (TPSA) is 37.4 Å². The summed E-state index contributed by atoms with van der Waals surface area (Å²) in [5.74, 6) is 8.19. The molecule has 1 aromatic rings. The van der Waals surface area contributed by atoms with Crippen LogP contribution >= 0.6 is 0 Å². The first kappa shape index (κ1) is 70.7. The second-order valence-electron chi connectivity index (χ2n) is 21.0. The third-order valence-electron chi connectivity index (χ3n) is 11.8. The second kappa shape index (κ2) is 34.4. The number of hydrogen-bond acceptors (Lipinski definition) is 2. The summed E-state index contributed by atoms with van der Waals surface area (Å²) in [6.45, 7) is 38.9. The number of rotatable bonds is 19. The van der Waals surface area contributed by atoms with Crippen molar-refractivity contribution in [3.05, 3.63) is 30.3 Å². The van der Waals surface area contributed by atoms with E-state index in [1.54, 1.807) is 18.8 Å². The van der Waals surface area contributed by atoms with Crippen molar-refractivity contribution in [1.29, 1.82) is 0 Å². The molecule has 3 nitrogen and oxygen atoms in total. The van der Waals surface area contributed by atoms with E-state index in [9.17, 15) is 21.4 Å². The summed E-state index contributed by atoms with van der Waals surface area (Å²) in [5, 5.41) is 0. The van der Waals surface area contributed by atoms with Crippen molar-refractivity contribution in [3.8, 4) is 0 Å². The molecular weight excluding hydrogens is 900 g/mol. The maximum Gasteiger partial charge on any atom is 0.762 e. The molecular formula is C48H99BF4INO2S2. The third kappa shape index (κ3) is 39.3. The lowest BCUT2D eigenvalue weighted by Crippen LogP contribution is -3.00. The molecule has 1 aromatic carbocycles. The lowest BCUT2D eigenvalue weighted by Gasteiger charge is -2.35. The van der Waals surface area contributed by atoms with E-state index < -0.39 is 27.6 Å². The van der Waals surface area contributed by atoms with E-state index in [2.05, 4.69) is 104 Å². The largest absolute Gasteiger partial charge is 1.00 e. The van der Waals surface area contributed by atoms with E-state index in [0.29, 0.717) is 16.6 Å². The van der Waals surface area contributed by atoms with Crippen LogP contribution in [0.25, 0.3) is 0 Å². The van der Waals surface area contributed by atoms with E-state index in [4.69, 9.17) is 0 Å². The fourth-order valence-corrected chi connectivity index (χ4v) is 9.55. The van der Waals surface area contributed by atoms with Crippen LogP contribution in [0.1, 0.15) is 170 Å². The SMILES string of the molecule is C.CC(CCC(C)CC(C)(C)C)CCC(C)C(C)C(C)C(C)C(C)CCC(C)C(C)CC(C)(C)C.CC[S+](=O)(c1ccccc1)N(C)C.C[S+](C)(C)=O.FB(F)F.[F-].[I-]. The van der Waals surface area contributed by atoms with Crippen molar-refractivity contribution in [2.45, 2.75) is 174 Å². The predicted octanol–water partition coefficient (Wildman–Crippen LogP) is 9.86. The molecule has 0 aromatic heterocycles. The summed E-state index contributed by atoms with van der Waals surface area (Å²) in [4.78, 5) is 0.919. The molecule has 0 aliphatic heterocycles. The van der Waals surface area contributed by atoms with Crippen molar-refractivity contribution >= 4 is 27.6 Å². The fraction of sp³-hybridized carbons (Fsp3) is 0.875. The van der Waals surface area contributed by atoms with Gasteiger partial charge in [-0.25, -0.2) is 0 Å². The highest BCUT2D eigenvalue weighted by molar-refractivity contribution is 8.01. The maximum atomic E-state index is 12.4. The molecule has 0 heterocycles. The minimum Gasteiger partial charge on any atom is -1.00 e. The van der Waals surface area contributed by atoms with Crippen LogP contribution in [0.15, 0.2) is 35.2 Å². The first-order valence-electron chi connectivity index (χ1n) is 21.7. The van der Waals surface area contributed by atoms with E-state index in [1.165, 1.54) is 51.4 Å². The van der Waals surface area contributed by atoms with Gasteiger partial charge >= 0.3 is 7.54 Å². The van der Waals surface area contributed by atoms with Crippen LogP contribution in [0.3, 0.4) is 0 Å². The molecule has 0 saturated heterocycles. The van der Waals surface area contributed by atoms with Crippen LogP contribution < -0.4 is 28.7 Å². The molecule has 0 saturated carbocycles. The van der Waals surface area contributed by atoms with Gasteiger partial charge in [-0.3, -0.25) is 12.9 Å². The quantitative estimate of drug-likeness (QED) is 0.0600. The molecule has 0 fully saturated rings. The number of halogens is 5. The Kier molecular flexibility index (Phi) is 41.2. The van der Waals surface area contributed by atoms with Gasteiger partial charge in [0.05, 0.1) is 9.93 Å². The molecule has 0 radical (unpaired) electrons. The van der Waals surface area contributed by atoms with E-state index in [1.807, 2.05) is 55.7 Å². The van der Waals surface area contributed by atoms with Gasteiger partial charge in [0.15, 0.2) is 15.0 Å². The Bertz CT molecular complexity index is 1200. The lowest BCUT2D eigenvalue weighted by molar-refractivity contribution is -0.001000. The van der Waals surface area contributed by atoms with Crippen molar-refractivity contribution < 1.29 is 50.0 Å². The monoisotopic (exact) mass is 1000 g/mol. The maximum absolute atomic E-state index is 12.4. The van der Waals surface area contributed by atoms with Crippen LogP contribution in [0.5, 0.6) is 0 Å². The van der Waals surface area contributed by atoms with E-state index in [-0.39, 0.29) is 36.1 Å². The van der Waals surface area contributed by atoms with Crippen LogP contribution in [-0.2, 0) is 28.5 Å². The summed E-state index contributed by atoms with van der Waals surface area (Å²) in [6, 6.07) is 9.63. The molecule has 0 amide bonds. The van der Waals surface area contributed by atoms with Crippen molar-refractivity contribution in [3.63, 3.8) is 0 Å². The van der Waals surface area contributed by atoms with Crippen LogP contribution in [0.4, 0.5) is 12.9 Å². The average Bonchev–Trinajstić information content (AvgIpc) is 3.05. The number of hydrogen-bond donors (Lipinski definition) is 0. The highest BCUT2D eigenvalue weighted by Gasteiger charge is 2.32. The average molecular weight is 1000 g/mol. The van der Waals surface area contributed by atoms with Gasteiger partial charge < -0.3 is 28.7 Å². The molecule has 358 valence electrons. The summed E-state index contributed by atoms with van der Waals surface area (Å²) in [7, 11) is -3.35. The van der Waals surface area contributed by atoms with Gasteiger partial charge in [0.25, 0.3) is 0 Å². The standard InChI is InChI=1S/C34H70.C10H16NOS.C3H9OS.CH4.BF3.FH.HI/c1-24(16-17-25(2)22-33(10,11)12)18-19-27(4)30(7)32(9)31(8)28(5)21-20-26(3)29(6)23-34(13,14)15;1-4-13(12,11(2)3)10-8-6-5-7-9-10;1-5(2,3)4;;2-1(3)4;;/h24-32H,16-23H2,1-15H3;5-9H,4H2,1-3H3;1-3H3;1H4;;2*1H/q;2*+1;;;;/p-2. The van der Waals surface area contributed by atoms with Crippen LogP contribution in [0.2, 0.25) is 0 Å². The molecule has 0 aliphatic carbocycles. The molecule has 1 rings (SSSR count). The molecule has 10 atom stereocenters. The fourth-order valence-electron chi connectivity index (χ4n) is 7.70. The van der Waals surface area contributed by atoms with Crippen molar-refractivity contribution in [1.82, 2.24) is 4.31 Å². The predicted molar refractivity (Wildman–Crippen MR) is 257 cm³/mol. The molecule has 10 unspecified atom stereocenters. The second-order valence-corrected chi connectivity index (χ2v) is 27.5. The summed E-state index contributed by atoms with van der Waals surface area (Å²) in [5.41, 5.74) is 0.925. The van der Waals surface area contributed by atoms with Gasteiger partial charge in [0.2, 0.25) is 0 Å². The highest BCUT2D eigenvalue weighted by Crippen LogP contribution is 2.37. The smallest absolute Gasteiger partial charge is 0.762 e. The summed E-state index contributed by atoms with van der Waals surface area (Å²) >= 11 is 0. The minimum absolute atomic E-state index is 0. The van der Waals surface area contributed by atoms with Gasteiger partial charge in [-0.2, -0.15) is 0 Å². The van der Waals surface area contributed by atoms with Gasteiger partial charge in [0.1, 0.15) is 24.5 Å². The van der Waals surface area contributed by atoms with E-state index >= 15 is 0 Å². The highest BCUT2D eigenvalue weighted by atomic mass is 127. The van der Waals surface area contributed by atoms with Gasteiger partial charge in [-0.15, -0.1) is 8.51 Å². The Morgan fingerprint density at radius 2 is 0.915 bits per heavy atom. The van der Waals surface area contributed by atoms with E-state index in [0.717, 1.165) is 58.2 Å². The molecule has 0 N–H and O–H groups in total. The third-order valence-corrected chi connectivity index (χ3v) is 14.7. The Labute approximate surface area is 387 Å².